The Hall–Kier alpha value is -3.65. The monoisotopic (exact) mass is 443 g/mol. The third-order valence-corrected chi connectivity index (χ3v) is 6.93. The van der Waals surface area contributed by atoms with Gasteiger partial charge in [0, 0.05) is 16.3 Å². The van der Waals surface area contributed by atoms with Gasteiger partial charge in [-0.05, 0) is 57.5 Å². The molecule has 0 bridgehead atoms. The van der Waals surface area contributed by atoms with Crippen LogP contribution in [-0.4, -0.2) is 4.98 Å². The predicted octanol–water partition coefficient (Wildman–Crippen LogP) is 9.38. The maximum absolute atomic E-state index is 6.67. The van der Waals surface area contributed by atoms with Crippen LogP contribution in [0, 0.1) is 0 Å². The third-order valence-electron chi connectivity index (χ3n) is 6.93. The van der Waals surface area contributed by atoms with Gasteiger partial charge in [0.2, 0.25) is 0 Å². The second-order valence-electron chi connectivity index (χ2n) is 10.7. The van der Waals surface area contributed by atoms with E-state index in [1.807, 2.05) is 6.07 Å². The Balaban J connectivity index is 1.80. The zero-order valence-corrected chi connectivity index (χ0v) is 20.4. The number of hydrogen-bond donors (Lipinski definition) is 0. The van der Waals surface area contributed by atoms with Crippen LogP contribution in [0.1, 0.15) is 51.7 Å². The highest BCUT2D eigenvalue weighted by atomic mass is 16.3. The minimum atomic E-state index is 0.00878. The highest BCUT2D eigenvalue weighted by molar-refractivity contribution is 6.20. The van der Waals surface area contributed by atoms with E-state index in [9.17, 15) is 0 Å². The lowest BCUT2D eigenvalue weighted by Gasteiger charge is -2.23. The Kier molecular flexibility index (Phi) is 4.57. The summed E-state index contributed by atoms with van der Waals surface area (Å²) in [6.45, 7) is 11.3. The van der Waals surface area contributed by atoms with Crippen LogP contribution in [0.5, 0.6) is 0 Å². The average molecular weight is 444 g/mol. The summed E-state index contributed by atoms with van der Waals surface area (Å²) in [5, 5.41) is 5.84. The van der Waals surface area contributed by atoms with E-state index >= 15 is 0 Å². The van der Waals surface area contributed by atoms with Crippen molar-refractivity contribution in [1.82, 2.24) is 4.98 Å². The largest absolute Gasteiger partial charge is 0.455 e. The quantitative estimate of drug-likeness (QED) is 0.266. The second-order valence-corrected chi connectivity index (χ2v) is 10.7. The van der Waals surface area contributed by atoms with Crippen molar-refractivity contribution in [3.63, 3.8) is 0 Å². The second kappa shape index (κ2) is 7.43. The number of furan rings is 1. The maximum Gasteiger partial charge on any atom is 0.147 e. The van der Waals surface area contributed by atoms with Crippen molar-refractivity contribution >= 4 is 43.6 Å². The first-order chi connectivity index (χ1) is 16.3. The van der Waals surface area contributed by atoms with Gasteiger partial charge >= 0.3 is 0 Å². The fraction of sp³-hybridized carbons (Fsp3) is 0.219. The van der Waals surface area contributed by atoms with Crippen LogP contribution >= 0.6 is 0 Å². The van der Waals surface area contributed by atoms with E-state index in [1.165, 1.54) is 21.9 Å². The number of aromatic nitrogens is 1. The zero-order valence-electron chi connectivity index (χ0n) is 20.4. The molecule has 0 aliphatic carbocycles. The maximum atomic E-state index is 6.67. The Bertz CT molecular complexity index is 1710. The van der Waals surface area contributed by atoms with Gasteiger partial charge in [0.25, 0.3) is 0 Å². The van der Waals surface area contributed by atoms with Gasteiger partial charge in [-0.15, -0.1) is 0 Å². The summed E-state index contributed by atoms with van der Waals surface area (Å²) in [4.78, 5) is 5.24. The molecule has 0 aliphatic rings. The molecule has 2 aromatic heterocycles. The van der Waals surface area contributed by atoms with E-state index in [1.54, 1.807) is 0 Å². The first kappa shape index (κ1) is 20.9. The van der Waals surface area contributed by atoms with Crippen LogP contribution in [-0.2, 0) is 5.41 Å². The minimum Gasteiger partial charge on any atom is -0.455 e. The first-order valence-electron chi connectivity index (χ1n) is 12.1. The fourth-order valence-electron chi connectivity index (χ4n) is 5.24. The highest BCUT2D eigenvalue weighted by Crippen LogP contribution is 2.43. The molecule has 0 aliphatic heterocycles. The third kappa shape index (κ3) is 3.13. The SMILES string of the molecule is CC(C)c1cccc2c1oc1c3ccccc3nc(-c3cc(C(C)(C)C)c4ccccc4c3)c21. The highest BCUT2D eigenvalue weighted by Gasteiger charge is 2.23. The molecule has 0 radical (unpaired) electrons. The van der Waals surface area contributed by atoms with Gasteiger partial charge in [-0.2, -0.15) is 0 Å². The summed E-state index contributed by atoms with van der Waals surface area (Å²) in [7, 11) is 0. The summed E-state index contributed by atoms with van der Waals surface area (Å²) in [6, 6.07) is 28.1. The van der Waals surface area contributed by atoms with E-state index in [0.717, 1.165) is 44.1 Å². The first-order valence-corrected chi connectivity index (χ1v) is 12.1. The molecular formula is C32H29NO. The van der Waals surface area contributed by atoms with Crippen molar-refractivity contribution in [2.75, 3.05) is 0 Å². The van der Waals surface area contributed by atoms with Crippen LogP contribution in [0.25, 0.3) is 54.9 Å². The topological polar surface area (TPSA) is 26.0 Å². The molecule has 0 fully saturated rings. The molecule has 0 spiro atoms. The molecule has 4 aromatic carbocycles. The zero-order chi connectivity index (χ0) is 23.6. The van der Waals surface area contributed by atoms with Crippen LogP contribution in [0.4, 0.5) is 0 Å². The van der Waals surface area contributed by atoms with E-state index in [2.05, 4.69) is 107 Å². The van der Waals surface area contributed by atoms with Crippen molar-refractivity contribution in [1.29, 1.82) is 0 Å². The van der Waals surface area contributed by atoms with Crippen molar-refractivity contribution in [2.45, 2.75) is 46.0 Å². The van der Waals surface area contributed by atoms with E-state index in [4.69, 9.17) is 9.40 Å². The summed E-state index contributed by atoms with van der Waals surface area (Å²) in [5.74, 6) is 0.375. The van der Waals surface area contributed by atoms with Gasteiger partial charge in [0.05, 0.1) is 16.6 Å². The molecule has 168 valence electrons. The van der Waals surface area contributed by atoms with E-state index in [-0.39, 0.29) is 5.41 Å². The lowest BCUT2D eigenvalue weighted by molar-refractivity contribution is 0.596. The smallest absolute Gasteiger partial charge is 0.147 e. The number of rotatable bonds is 2. The van der Waals surface area contributed by atoms with E-state index in [0.29, 0.717) is 5.92 Å². The van der Waals surface area contributed by atoms with Crippen LogP contribution in [0.15, 0.2) is 83.3 Å². The molecule has 0 amide bonds. The van der Waals surface area contributed by atoms with E-state index < -0.39 is 0 Å². The number of para-hydroxylation sites is 2. The van der Waals surface area contributed by atoms with Crippen molar-refractivity contribution in [2.24, 2.45) is 0 Å². The van der Waals surface area contributed by atoms with Crippen LogP contribution in [0.2, 0.25) is 0 Å². The van der Waals surface area contributed by atoms with Gasteiger partial charge in [-0.3, -0.25) is 0 Å². The molecule has 6 aromatic rings. The average Bonchev–Trinajstić information content (AvgIpc) is 3.22. The number of hydrogen-bond acceptors (Lipinski definition) is 2. The number of benzene rings is 4. The Labute approximate surface area is 200 Å². The summed E-state index contributed by atoms with van der Waals surface area (Å²) in [6.07, 6.45) is 0. The predicted molar refractivity (Wildman–Crippen MR) is 145 cm³/mol. The Morgan fingerprint density at radius 3 is 2.21 bits per heavy atom. The van der Waals surface area contributed by atoms with Crippen molar-refractivity contribution in [3.8, 4) is 11.3 Å². The summed E-state index contributed by atoms with van der Waals surface area (Å²) in [5.41, 5.74) is 7.56. The molecule has 0 saturated carbocycles. The molecule has 2 heteroatoms. The van der Waals surface area contributed by atoms with Crippen LogP contribution in [0.3, 0.4) is 0 Å². The number of nitrogens with zero attached hydrogens (tertiary/aromatic N) is 1. The normalized spacial score (nSPS) is 12.5. The Morgan fingerprint density at radius 2 is 1.44 bits per heavy atom. The standard InChI is InChI=1S/C32H29NO/c1-19(2)22-14-10-15-25-28-29(33-27-16-9-8-13-24(27)31(28)34-30(22)25)21-17-20-11-6-7-12-23(20)26(18-21)32(3,4)5/h6-19H,1-5H3. The molecule has 0 N–H and O–H groups in total. The van der Waals surface area contributed by atoms with Gasteiger partial charge in [0.1, 0.15) is 11.2 Å². The molecule has 2 heterocycles. The molecule has 2 nitrogen and oxygen atoms in total. The molecule has 6 rings (SSSR count). The lowest BCUT2D eigenvalue weighted by atomic mass is 9.82. The number of pyridine rings is 1. The van der Waals surface area contributed by atoms with Gasteiger partial charge < -0.3 is 4.42 Å². The van der Waals surface area contributed by atoms with Gasteiger partial charge in [0.15, 0.2) is 0 Å². The fourth-order valence-corrected chi connectivity index (χ4v) is 5.24. The molecule has 34 heavy (non-hydrogen) atoms. The molecular weight excluding hydrogens is 414 g/mol. The summed E-state index contributed by atoms with van der Waals surface area (Å²) < 4.78 is 6.67. The van der Waals surface area contributed by atoms with Crippen LogP contribution < -0.4 is 0 Å². The molecule has 0 unspecified atom stereocenters. The van der Waals surface area contributed by atoms with Gasteiger partial charge in [-0.1, -0.05) is 89.2 Å². The van der Waals surface area contributed by atoms with Crippen molar-refractivity contribution < 1.29 is 4.42 Å². The molecule has 0 atom stereocenters. The lowest BCUT2D eigenvalue weighted by Crippen LogP contribution is -2.12. The summed E-state index contributed by atoms with van der Waals surface area (Å²) >= 11 is 0. The minimum absolute atomic E-state index is 0.00878. The Morgan fingerprint density at radius 1 is 0.735 bits per heavy atom. The van der Waals surface area contributed by atoms with Crippen molar-refractivity contribution in [3.05, 3.63) is 90.0 Å². The molecule has 0 saturated heterocycles. The van der Waals surface area contributed by atoms with Gasteiger partial charge in [-0.25, -0.2) is 4.98 Å². The number of fused-ring (bicyclic) bond motifs is 6.